The number of tetrazole rings is 1. The van der Waals surface area contributed by atoms with Crippen molar-refractivity contribution < 1.29 is 18.0 Å². The third kappa shape index (κ3) is 4.76. The first kappa shape index (κ1) is 20.8. The fraction of sp³-hybridized carbons (Fsp3) is 0.300. The number of carbonyl (C=O) groups excluding carboxylic acids is 1. The van der Waals surface area contributed by atoms with E-state index < -0.39 is 17.8 Å². The number of hydrogen-bond acceptors (Lipinski definition) is 6. The Kier molecular flexibility index (Phi) is 5.15. The monoisotopic (exact) mass is 457 g/mol. The molecule has 1 aliphatic carbocycles. The van der Waals surface area contributed by atoms with E-state index in [4.69, 9.17) is 0 Å². The third-order valence-electron chi connectivity index (χ3n) is 5.10. The van der Waals surface area contributed by atoms with Crippen molar-refractivity contribution in [1.29, 1.82) is 0 Å². The minimum atomic E-state index is -4.48. The molecule has 4 aromatic rings. The van der Waals surface area contributed by atoms with Crippen LogP contribution in [0.25, 0.3) is 16.8 Å². The number of nitrogens with zero attached hydrogens (tertiary/aromatic N) is 7. The summed E-state index contributed by atoms with van der Waals surface area (Å²) in [4.78, 5) is 21.6. The molecule has 1 fully saturated rings. The number of imidazole rings is 1. The maximum absolute atomic E-state index is 13.0. The first-order valence-electron chi connectivity index (χ1n) is 10.2. The van der Waals surface area contributed by atoms with E-state index in [1.165, 1.54) is 11.0 Å². The number of aromatic nitrogens is 7. The second kappa shape index (κ2) is 8.15. The predicted octanol–water partition coefficient (Wildman–Crippen LogP) is 3.10. The number of carbonyl (C=O) groups is 1. The molecule has 0 spiro atoms. The first-order valence-corrected chi connectivity index (χ1v) is 10.2. The number of fused-ring (bicyclic) bond motifs is 1. The Labute approximate surface area is 184 Å². The minimum Gasteiger partial charge on any atom is -0.336 e. The Morgan fingerprint density at radius 3 is 2.79 bits per heavy atom. The highest BCUT2D eigenvalue weighted by atomic mass is 19.4. The first-order chi connectivity index (χ1) is 15.8. The lowest BCUT2D eigenvalue weighted by atomic mass is 10.1. The van der Waals surface area contributed by atoms with Crippen LogP contribution in [0.5, 0.6) is 0 Å². The van der Waals surface area contributed by atoms with Crippen LogP contribution in [-0.4, -0.2) is 47.2 Å². The van der Waals surface area contributed by atoms with Crippen LogP contribution < -0.4 is 10.6 Å². The second-order valence-electron chi connectivity index (χ2n) is 7.67. The fourth-order valence-electron chi connectivity index (χ4n) is 3.26. The molecule has 0 aliphatic heterocycles. The van der Waals surface area contributed by atoms with Gasteiger partial charge in [0, 0.05) is 42.2 Å². The lowest BCUT2D eigenvalue weighted by Crippen LogP contribution is -2.32. The number of urea groups is 1. The van der Waals surface area contributed by atoms with Crippen molar-refractivity contribution in [2.75, 3.05) is 11.9 Å². The summed E-state index contributed by atoms with van der Waals surface area (Å²) in [5, 5.41) is 17.6. The predicted molar refractivity (Wildman–Crippen MR) is 110 cm³/mol. The van der Waals surface area contributed by atoms with Gasteiger partial charge in [0.15, 0.2) is 11.6 Å². The van der Waals surface area contributed by atoms with E-state index in [0.29, 0.717) is 41.6 Å². The van der Waals surface area contributed by atoms with E-state index in [2.05, 4.69) is 36.0 Å². The molecule has 5 rings (SSSR count). The van der Waals surface area contributed by atoms with Gasteiger partial charge in [-0.25, -0.2) is 9.78 Å². The summed E-state index contributed by atoms with van der Waals surface area (Å²) in [6, 6.07) is 3.87. The van der Waals surface area contributed by atoms with E-state index in [1.54, 1.807) is 28.9 Å². The molecule has 2 amide bonds. The van der Waals surface area contributed by atoms with Gasteiger partial charge in [-0.1, -0.05) is 0 Å². The molecule has 0 radical (unpaired) electrons. The van der Waals surface area contributed by atoms with E-state index >= 15 is 0 Å². The lowest BCUT2D eigenvalue weighted by Gasteiger charge is -2.08. The van der Waals surface area contributed by atoms with E-state index in [-0.39, 0.29) is 0 Å². The molecule has 170 valence electrons. The van der Waals surface area contributed by atoms with Crippen LogP contribution in [0.4, 0.5) is 23.8 Å². The van der Waals surface area contributed by atoms with Crippen molar-refractivity contribution in [3.05, 3.63) is 54.4 Å². The zero-order valence-electron chi connectivity index (χ0n) is 17.1. The summed E-state index contributed by atoms with van der Waals surface area (Å²) < 4.78 is 40.5. The van der Waals surface area contributed by atoms with Gasteiger partial charge in [-0.2, -0.15) is 18.0 Å². The Balaban J connectivity index is 1.21. The van der Waals surface area contributed by atoms with Gasteiger partial charge in [0.05, 0.1) is 18.3 Å². The molecule has 0 aromatic carbocycles. The number of amides is 2. The zero-order valence-corrected chi connectivity index (χ0v) is 17.1. The lowest BCUT2D eigenvalue weighted by molar-refractivity contribution is -0.137. The smallest absolute Gasteiger partial charge is 0.336 e. The molecule has 4 heterocycles. The summed E-state index contributed by atoms with van der Waals surface area (Å²) in [6.07, 6.45) is 3.03. The zero-order chi connectivity index (χ0) is 23.0. The number of hydrogen-bond donors (Lipinski definition) is 2. The summed E-state index contributed by atoms with van der Waals surface area (Å²) in [5.41, 5.74) is 0.544. The van der Waals surface area contributed by atoms with Gasteiger partial charge in [-0.3, -0.25) is 10.3 Å². The number of alkyl halides is 3. The fourth-order valence-corrected chi connectivity index (χ4v) is 3.26. The average molecular weight is 457 g/mol. The molecule has 2 N–H and O–H groups in total. The van der Waals surface area contributed by atoms with Crippen molar-refractivity contribution in [3.63, 3.8) is 0 Å². The van der Waals surface area contributed by atoms with Gasteiger partial charge in [-0.15, -0.1) is 10.2 Å². The van der Waals surface area contributed by atoms with E-state index in [9.17, 15) is 18.0 Å². The van der Waals surface area contributed by atoms with Crippen molar-refractivity contribution in [2.24, 2.45) is 0 Å². The van der Waals surface area contributed by atoms with Crippen molar-refractivity contribution in [3.8, 4) is 11.1 Å². The van der Waals surface area contributed by atoms with Gasteiger partial charge in [0.1, 0.15) is 5.65 Å². The molecule has 10 nitrogen and oxygen atoms in total. The highest BCUT2D eigenvalue weighted by Crippen LogP contribution is 2.37. The SMILES string of the molecule is O=C(NCCn1nnc(C2CC2)n1)Nc1cn2cc(-c3cncc(C(F)(F)F)c3)ccc2n1. The Hall–Kier alpha value is -4.03. The standard InChI is InChI=1S/C20H18F3N9O/c21-20(22,23)15-7-14(8-24-9-15)13-3-4-17-26-16(11-31(17)10-13)27-19(33)25-5-6-32-29-18(28-30-32)12-1-2-12/h3-4,7-12H,1-2,5-6H2,(H2,25,27,33). The summed E-state index contributed by atoms with van der Waals surface area (Å²) in [5.74, 6) is 1.45. The second-order valence-corrected chi connectivity index (χ2v) is 7.67. The van der Waals surface area contributed by atoms with Gasteiger partial charge >= 0.3 is 12.2 Å². The van der Waals surface area contributed by atoms with E-state index in [1.807, 2.05) is 0 Å². The quantitative estimate of drug-likeness (QED) is 0.460. The van der Waals surface area contributed by atoms with E-state index in [0.717, 1.165) is 30.9 Å². The van der Waals surface area contributed by atoms with Crippen molar-refractivity contribution in [2.45, 2.75) is 31.5 Å². The Morgan fingerprint density at radius 2 is 2.00 bits per heavy atom. The minimum absolute atomic E-state index is 0.293. The maximum atomic E-state index is 13.0. The van der Waals surface area contributed by atoms with Crippen molar-refractivity contribution in [1.82, 2.24) is 39.9 Å². The average Bonchev–Trinajstić information content (AvgIpc) is 3.39. The number of halogens is 3. The number of pyridine rings is 2. The molecule has 0 bridgehead atoms. The highest BCUT2D eigenvalue weighted by molar-refractivity contribution is 5.88. The molecule has 33 heavy (non-hydrogen) atoms. The summed E-state index contributed by atoms with van der Waals surface area (Å²) in [7, 11) is 0. The van der Waals surface area contributed by atoms with Crippen LogP contribution in [-0.2, 0) is 12.7 Å². The van der Waals surface area contributed by atoms with Gasteiger partial charge in [0.2, 0.25) is 0 Å². The largest absolute Gasteiger partial charge is 0.417 e. The molecule has 0 unspecified atom stereocenters. The van der Waals surface area contributed by atoms with Gasteiger partial charge < -0.3 is 9.72 Å². The van der Waals surface area contributed by atoms with Crippen LogP contribution in [0.3, 0.4) is 0 Å². The summed E-state index contributed by atoms with van der Waals surface area (Å²) in [6.45, 7) is 0.680. The van der Waals surface area contributed by atoms with Gasteiger partial charge in [-0.05, 0) is 36.3 Å². The molecule has 1 aliphatic rings. The molecule has 0 atom stereocenters. The summed E-state index contributed by atoms with van der Waals surface area (Å²) >= 11 is 0. The molecular weight excluding hydrogens is 439 g/mol. The molecule has 4 aromatic heterocycles. The Bertz CT molecular complexity index is 1310. The van der Waals surface area contributed by atoms with Crippen LogP contribution in [0.2, 0.25) is 0 Å². The van der Waals surface area contributed by atoms with Crippen LogP contribution in [0, 0.1) is 0 Å². The third-order valence-corrected chi connectivity index (χ3v) is 5.10. The molecular formula is C20H18F3N9O. The van der Waals surface area contributed by atoms with Crippen LogP contribution in [0.1, 0.15) is 30.1 Å². The van der Waals surface area contributed by atoms with Crippen LogP contribution >= 0.6 is 0 Å². The highest BCUT2D eigenvalue weighted by Gasteiger charge is 2.31. The Morgan fingerprint density at radius 1 is 1.15 bits per heavy atom. The molecule has 0 saturated heterocycles. The number of anilines is 1. The van der Waals surface area contributed by atoms with Crippen LogP contribution in [0.15, 0.2) is 43.0 Å². The number of rotatable bonds is 6. The van der Waals surface area contributed by atoms with Crippen molar-refractivity contribution >= 4 is 17.5 Å². The topological polar surface area (TPSA) is 115 Å². The number of nitrogens with one attached hydrogen (secondary N) is 2. The molecule has 1 saturated carbocycles. The molecule has 13 heteroatoms. The van der Waals surface area contributed by atoms with Gasteiger partial charge in [0.25, 0.3) is 0 Å². The normalized spacial score (nSPS) is 13.9. The maximum Gasteiger partial charge on any atom is 0.417 e.